The van der Waals surface area contributed by atoms with E-state index in [9.17, 15) is 9.59 Å². The van der Waals surface area contributed by atoms with Crippen LogP contribution in [0.4, 0.5) is 0 Å². The fraction of sp³-hybridized carbons (Fsp3) is 0.889. The van der Waals surface area contributed by atoms with Gasteiger partial charge in [0.15, 0.2) is 0 Å². The molecule has 0 aromatic heterocycles. The summed E-state index contributed by atoms with van der Waals surface area (Å²) in [5.74, 6) is 0.557. The molecule has 1 N–H and O–H groups in total. The van der Waals surface area contributed by atoms with E-state index < -0.39 is 0 Å². The average Bonchev–Trinajstić information content (AvgIpc) is 2.30. The Kier molecular flexibility index (Phi) is 8.20. The van der Waals surface area contributed by atoms with Gasteiger partial charge in [-0.1, -0.05) is 54.9 Å². The quantitative estimate of drug-likeness (QED) is 0.677. The van der Waals surface area contributed by atoms with E-state index in [1.165, 1.54) is 0 Å². The van der Waals surface area contributed by atoms with E-state index in [0.29, 0.717) is 12.2 Å². The summed E-state index contributed by atoms with van der Waals surface area (Å²) in [5.41, 5.74) is -0.215. The molecule has 21 heavy (non-hydrogen) atoms. The number of unbranched alkanes of at least 4 members (excludes halogenated alkanes) is 2. The van der Waals surface area contributed by atoms with Crippen LogP contribution in [0.15, 0.2) is 0 Å². The molecule has 0 saturated carbocycles. The van der Waals surface area contributed by atoms with Crippen LogP contribution >= 0.6 is 0 Å². The van der Waals surface area contributed by atoms with Crippen LogP contribution in [0.5, 0.6) is 0 Å². The summed E-state index contributed by atoms with van der Waals surface area (Å²) < 4.78 is 0. The van der Waals surface area contributed by atoms with Crippen LogP contribution in [0.2, 0.25) is 0 Å². The summed E-state index contributed by atoms with van der Waals surface area (Å²) >= 11 is 0. The Hall–Kier alpha value is -0.860. The largest absolute Gasteiger partial charge is 0.356 e. The van der Waals surface area contributed by atoms with Crippen LogP contribution in [0.1, 0.15) is 80.6 Å². The number of amides is 1. The maximum atomic E-state index is 12.1. The number of hydrogen-bond donors (Lipinski definition) is 1. The van der Waals surface area contributed by atoms with Crippen molar-refractivity contribution in [3.05, 3.63) is 0 Å². The van der Waals surface area contributed by atoms with Crippen LogP contribution < -0.4 is 5.32 Å². The molecule has 0 aliphatic rings. The maximum Gasteiger partial charge on any atom is 0.223 e. The highest BCUT2D eigenvalue weighted by Crippen LogP contribution is 2.28. The summed E-state index contributed by atoms with van der Waals surface area (Å²) in [6, 6.07) is 0. The summed E-state index contributed by atoms with van der Waals surface area (Å²) in [6.07, 6.45) is 4.38. The zero-order chi connectivity index (χ0) is 16.7. The van der Waals surface area contributed by atoms with Crippen LogP contribution in [-0.4, -0.2) is 18.2 Å². The minimum absolute atomic E-state index is 0.0119. The van der Waals surface area contributed by atoms with E-state index in [2.05, 4.69) is 33.0 Å². The summed E-state index contributed by atoms with van der Waals surface area (Å²) in [5, 5.41) is 3.03. The topological polar surface area (TPSA) is 46.2 Å². The normalized spacial score (nSPS) is 13.9. The Bertz CT molecular complexity index is 334. The second-order valence-corrected chi connectivity index (χ2v) is 8.10. The van der Waals surface area contributed by atoms with Gasteiger partial charge in [-0.3, -0.25) is 9.59 Å². The molecule has 0 heterocycles. The molecule has 3 heteroatoms. The minimum atomic E-state index is -0.227. The number of Topliss-reactive ketones (excluding diaryl/α,β-unsaturated/α-hetero) is 1. The van der Waals surface area contributed by atoms with Crippen molar-refractivity contribution in [2.75, 3.05) is 6.54 Å². The third kappa shape index (κ3) is 8.23. The highest BCUT2D eigenvalue weighted by molar-refractivity contribution is 5.83. The third-order valence-corrected chi connectivity index (χ3v) is 3.99. The predicted octanol–water partition coefficient (Wildman–Crippen LogP) is 4.35. The van der Waals surface area contributed by atoms with E-state index in [-0.39, 0.29) is 22.7 Å². The van der Waals surface area contributed by atoms with Gasteiger partial charge in [-0.2, -0.15) is 0 Å². The lowest BCUT2D eigenvalue weighted by Crippen LogP contribution is -2.38. The number of carbonyl (C=O) groups is 2. The van der Waals surface area contributed by atoms with Crippen molar-refractivity contribution in [1.29, 1.82) is 0 Å². The second-order valence-electron chi connectivity index (χ2n) is 8.10. The molecular formula is C18H35NO2. The molecule has 0 fully saturated rings. The van der Waals surface area contributed by atoms with E-state index >= 15 is 0 Å². The summed E-state index contributed by atoms with van der Waals surface area (Å²) in [4.78, 5) is 23.9. The highest BCUT2D eigenvalue weighted by atomic mass is 16.2. The second kappa shape index (κ2) is 8.55. The van der Waals surface area contributed by atoms with Crippen molar-refractivity contribution in [3.8, 4) is 0 Å². The van der Waals surface area contributed by atoms with Gasteiger partial charge in [0, 0.05) is 24.3 Å². The Morgan fingerprint density at radius 2 is 1.52 bits per heavy atom. The molecule has 0 bridgehead atoms. The molecule has 0 aromatic carbocycles. The van der Waals surface area contributed by atoms with Crippen molar-refractivity contribution in [2.45, 2.75) is 80.6 Å². The first-order valence-corrected chi connectivity index (χ1v) is 8.31. The molecule has 0 rings (SSSR count). The van der Waals surface area contributed by atoms with E-state index in [0.717, 1.165) is 32.2 Å². The minimum Gasteiger partial charge on any atom is -0.356 e. The van der Waals surface area contributed by atoms with E-state index in [1.54, 1.807) is 0 Å². The lowest BCUT2D eigenvalue weighted by molar-refractivity contribution is -0.128. The molecule has 1 atom stereocenters. The van der Waals surface area contributed by atoms with Crippen LogP contribution in [0.3, 0.4) is 0 Å². The first-order chi connectivity index (χ1) is 9.50. The summed E-state index contributed by atoms with van der Waals surface area (Å²) in [6.45, 7) is 15.0. The number of rotatable bonds is 8. The van der Waals surface area contributed by atoms with Gasteiger partial charge in [-0.25, -0.2) is 0 Å². The lowest BCUT2D eigenvalue weighted by Gasteiger charge is -2.28. The van der Waals surface area contributed by atoms with Gasteiger partial charge in [0.05, 0.1) is 0 Å². The van der Waals surface area contributed by atoms with Crippen molar-refractivity contribution in [2.24, 2.45) is 16.7 Å². The Morgan fingerprint density at radius 3 is 1.95 bits per heavy atom. The van der Waals surface area contributed by atoms with Gasteiger partial charge in [-0.05, 0) is 24.7 Å². The molecule has 0 spiro atoms. The Labute approximate surface area is 131 Å². The van der Waals surface area contributed by atoms with E-state index in [4.69, 9.17) is 0 Å². The number of carbonyl (C=O) groups excluding carboxylic acids is 2. The molecule has 0 aliphatic heterocycles. The predicted molar refractivity (Wildman–Crippen MR) is 89.2 cm³/mol. The Balaban J connectivity index is 3.87. The van der Waals surface area contributed by atoms with Gasteiger partial charge >= 0.3 is 0 Å². The van der Waals surface area contributed by atoms with Gasteiger partial charge in [0.2, 0.25) is 5.91 Å². The van der Waals surface area contributed by atoms with Gasteiger partial charge in [-0.15, -0.1) is 0 Å². The monoisotopic (exact) mass is 297 g/mol. The van der Waals surface area contributed by atoms with Crippen LogP contribution in [0.25, 0.3) is 0 Å². The third-order valence-electron chi connectivity index (χ3n) is 3.99. The first-order valence-electron chi connectivity index (χ1n) is 8.31. The molecule has 1 amide bonds. The number of hydrogen-bond acceptors (Lipinski definition) is 2. The fourth-order valence-corrected chi connectivity index (χ4v) is 2.49. The molecule has 0 radical (unpaired) electrons. The van der Waals surface area contributed by atoms with Crippen molar-refractivity contribution < 1.29 is 9.59 Å². The highest BCUT2D eigenvalue weighted by Gasteiger charge is 2.29. The first kappa shape index (κ1) is 20.1. The SMILES string of the molecule is CCC(C(=O)NCCCCCC(=O)C(C)(C)C)C(C)(C)C. The maximum absolute atomic E-state index is 12.1. The van der Waals surface area contributed by atoms with Gasteiger partial charge in [0.1, 0.15) is 5.78 Å². The van der Waals surface area contributed by atoms with E-state index in [1.807, 2.05) is 20.8 Å². The van der Waals surface area contributed by atoms with Crippen molar-refractivity contribution >= 4 is 11.7 Å². The molecule has 0 saturated heterocycles. The molecule has 1 unspecified atom stereocenters. The molecular weight excluding hydrogens is 262 g/mol. The lowest BCUT2D eigenvalue weighted by atomic mass is 9.78. The van der Waals surface area contributed by atoms with Gasteiger partial charge in [0.25, 0.3) is 0 Å². The molecule has 3 nitrogen and oxygen atoms in total. The van der Waals surface area contributed by atoms with Crippen molar-refractivity contribution in [3.63, 3.8) is 0 Å². The number of ketones is 1. The average molecular weight is 297 g/mol. The molecule has 0 aromatic rings. The van der Waals surface area contributed by atoms with Crippen LogP contribution in [0, 0.1) is 16.7 Å². The molecule has 0 aliphatic carbocycles. The number of nitrogens with one attached hydrogen (secondary N) is 1. The smallest absolute Gasteiger partial charge is 0.223 e. The van der Waals surface area contributed by atoms with Gasteiger partial charge < -0.3 is 5.32 Å². The fourth-order valence-electron chi connectivity index (χ4n) is 2.49. The Morgan fingerprint density at radius 1 is 0.952 bits per heavy atom. The van der Waals surface area contributed by atoms with Crippen LogP contribution in [-0.2, 0) is 9.59 Å². The zero-order valence-corrected chi connectivity index (χ0v) is 15.1. The summed E-state index contributed by atoms with van der Waals surface area (Å²) in [7, 11) is 0. The standard InChI is InChI=1S/C18H35NO2/c1-8-14(17(2,3)4)16(21)19-13-11-9-10-12-15(20)18(5,6)7/h14H,8-13H2,1-7H3,(H,19,21). The van der Waals surface area contributed by atoms with Crippen molar-refractivity contribution in [1.82, 2.24) is 5.32 Å². The molecule has 124 valence electrons. The zero-order valence-electron chi connectivity index (χ0n) is 15.1.